The van der Waals surface area contributed by atoms with Crippen molar-refractivity contribution in [1.82, 2.24) is 9.38 Å². The van der Waals surface area contributed by atoms with Gasteiger partial charge in [0, 0.05) is 11.3 Å². The normalized spacial score (nSPS) is 10.8. The van der Waals surface area contributed by atoms with Gasteiger partial charge in [-0.3, -0.25) is 4.40 Å². The summed E-state index contributed by atoms with van der Waals surface area (Å²) in [5, 5.41) is 9.86. The zero-order chi connectivity index (χ0) is 11.8. The maximum atomic E-state index is 9.86. The molecular weight excluding hydrogens is 214 g/mol. The summed E-state index contributed by atoms with van der Waals surface area (Å²) in [7, 11) is 0. The Labute approximate surface area is 98.0 Å². The van der Waals surface area contributed by atoms with Gasteiger partial charge in [-0.25, -0.2) is 4.98 Å². The Hall–Kier alpha value is -2.49. The van der Waals surface area contributed by atoms with Gasteiger partial charge >= 0.3 is 0 Å². The minimum Gasteiger partial charge on any atom is -0.494 e. The molecule has 0 aliphatic heterocycles. The van der Waals surface area contributed by atoms with E-state index in [1.165, 1.54) is 0 Å². The van der Waals surface area contributed by atoms with Crippen LogP contribution >= 0.6 is 0 Å². The first-order valence-corrected chi connectivity index (χ1v) is 5.27. The van der Waals surface area contributed by atoms with Gasteiger partial charge in [0.15, 0.2) is 5.88 Å². The molecule has 0 fully saturated rings. The lowest BCUT2D eigenvalue weighted by molar-refractivity contribution is 0.447. The van der Waals surface area contributed by atoms with Crippen LogP contribution in [-0.4, -0.2) is 14.5 Å². The Morgan fingerprint density at radius 2 is 1.82 bits per heavy atom. The molecule has 0 saturated carbocycles. The maximum Gasteiger partial charge on any atom is 0.197 e. The smallest absolute Gasteiger partial charge is 0.197 e. The van der Waals surface area contributed by atoms with Crippen molar-refractivity contribution >= 4 is 11.2 Å². The van der Waals surface area contributed by atoms with Gasteiger partial charge in [0.05, 0.1) is 11.7 Å². The van der Waals surface area contributed by atoms with E-state index in [2.05, 4.69) is 4.98 Å². The summed E-state index contributed by atoms with van der Waals surface area (Å²) in [5.74, 6) is 0.880. The number of nitrogens with zero attached hydrogens (tertiary/aromatic N) is 2. The largest absolute Gasteiger partial charge is 0.494 e. The van der Waals surface area contributed by atoms with E-state index in [0.29, 0.717) is 11.5 Å². The molecule has 2 heterocycles. The molecule has 1 aromatic carbocycles. The van der Waals surface area contributed by atoms with Crippen molar-refractivity contribution in [2.24, 2.45) is 0 Å². The highest BCUT2D eigenvalue weighted by atomic mass is 16.3. The van der Waals surface area contributed by atoms with E-state index < -0.39 is 0 Å². The Balaban J connectivity index is 2.27. The molecule has 2 aromatic heterocycles. The van der Waals surface area contributed by atoms with E-state index >= 15 is 0 Å². The van der Waals surface area contributed by atoms with Crippen molar-refractivity contribution in [3.8, 4) is 17.3 Å². The predicted molar refractivity (Wildman–Crippen MR) is 66.7 cm³/mol. The number of benzene rings is 1. The minimum atomic E-state index is 0.173. The van der Waals surface area contributed by atoms with Crippen molar-refractivity contribution in [2.75, 3.05) is 5.73 Å². The van der Waals surface area contributed by atoms with E-state index in [9.17, 15) is 5.11 Å². The standard InChI is InChI=1S/C13H11N3O/c14-10-6-4-9(5-7-10)13-15-8-11-2-1-3-12(17)16(11)13/h1-8,17H,14H2. The molecule has 0 spiro atoms. The molecule has 4 nitrogen and oxygen atoms in total. The highest BCUT2D eigenvalue weighted by Gasteiger charge is 2.08. The van der Waals surface area contributed by atoms with Gasteiger partial charge < -0.3 is 10.8 Å². The molecule has 84 valence electrons. The summed E-state index contributed by atoms with van der Waals surface area (Å²) in [6.07, 6.45) is 1.73. The summed E-state index contributed by atoms with van der Waals surface area (Å²) < 4.78 is 1.70. The van der Waals surface area contributed by atoms with Crippen LogP contribution in [0.15, 0.2) is 48.7 Å². The van der Waals surface area contributed by atoms with Crippen molar-refractivity contribution in [3.05, 3.63) is 48.7 Å². The highest BCUT2D eigenvalue weighted by Crippen LogP contribution is 2.24. The van der Waals surface area contributed by atoms with Crippen LogP contribution in [0.5, 0.6) is 5.88 Å². The fourth-order valence-corrected chi connectivity index (χ4v) is 1.87. The molecule has 0 bridgehead atoms. The van der Waals surface area contributed by atoms with Gasteiger partial charge in [-0.05, 0) is 36.4 Å². The molecule has 0 aliphatic carbocycles. The van der Waals surface area contributed by atoms with Crippen LogP contribution in [0.2, 0.25) is 0 Å². The van der Waals surface area contributed by atoms with Gasteiger partial charge in [0.25, 0.3) is 0 Å². The molecule has 3 N–H and O–H groups in total. The highest BCUT2D eigenvalue weighted by molar-refractivity contribution is 5.65. The first kappa shape index (κ1) is 9.72. The van der Waals surface area contributed by atoms with Gasteiger partial charge in [-0.15, -0.1) is 0 Å². The van der Waals surface area contributed by atoms with Crippen LogP contribution in [0.1, 0.15) is 0 Å². The monoisotopic (exact) mass is 225 g/mol. The van der Waals surface area contributed by atoms with Gasteiger partial charge in [0.1, 0.15) is 5.82 Å². The summed E-state index contributed by atoms with van der Waals surface area (Å²) in [5.41, 5.74) is 8.13. The molecule has 0 saturated heterocycles. The zero-order valence-electron chi connectivity index (χ0n) is 9.04. The maximum absolute atomic E-state index is 9.86. The lowest BCUT2D eigenvalue weighted by Gasteiger charge is -2.04. The summed E-state index contributed by atoms with van der Waals surface area (Å²) in [6.45, 7) is 0. The van der Waals surface area contributed by atoms with Gasteiger partial charge in [-0.1, -0.05) is 6.07 Å². The van der Waals surface area contributed by atoms with E-state index in [0.717, 1.165) is 11.1 Å². The third-order valence-electron chi connectivity index (χ3n) is 2.70. The van der Waals surface area contributed by atoms with Crippen LogP contribution in [0, 0.1) is 0 Å². The van der Waals surface area contributed by atoms with Gasteiger partial charge in [0.2, 0.25) is 0 Å². The lowest BCUT2D eigenvalue weighted by Crippen LogP contribution is -1.91. The Morgan fingerprint density at radius 3 is 2.59 bits per heavy atom. The van der Waals surface area contributed by atoms with Crippen molar-refractivity contribution in [2.45, 2.75) is 0 Å². The Morgan fingerprint density at radius 1 is 1.06 bits per heavy atom. The SMILES string of the molecule is Nc1ccc(-c2ncc3cccc(O)n23)cc1. The molecular formula is C13H11N3O. The zero-order valence-corrected chi connectivity index (χ0v) is 9.04. The summed E-state index contributed by atoms with van der Waals surface area (Å²) in [6, 6.07) is 12.7. The van der Waals surface area contributed by atoms with E-state index in [1.807, 2.05) is 30.3 Å². The average molecular weight is 225 g/mol. The topological polar surface area (TPSA) is 63.5 Å². The van der Waals surface area contributed by atoms with Crippen LogP contribution in [-0.2, 0) is 0 Å². The lowest BCUT2D eigenvalue weighted by atomic mass is 10.2. The van der Waals surface area contributed by atoms with Crippen molar-refractivity contribution < 1.29 is 5.11 Å². The predicted octanol–water partition coefficient (Wildman–Crippen LogP) is 2.29. The number of hydrogen-bond donors (Lipinski definition) is 2. The number of nitrogen functional groups attached to an aromatic ring is 1. The molecule has 4 heteroatoms. The molecule has 0 amide bonds. The molecule has 0 unspecified atom stereocenters. The van der Waals surface area contributed by atoms with Gasteiger partial charge in [-0.2, -0.15) is 0 Å². The molecule has 3 rings (SSSR count). The van der Waals surface area contributed by atoms with E-state index in [4.69, 9.17) is 5.73 Å². The molecule has 17 heavy (non-hydrogen) atoms. The molecule has 0 atom stereocenters. The fourth-order valence-electron chi connectivity index (χ4n) is 1.87. The number of hydrogen-bond acceptors (Lipinski definition) is 3. The van der Waals surface area contributed by atoms with Crippen LogP contribution in [0.4, 0.5) is 5.69 Å². The Bertz CT molecular complexity index is 671. The third kappa shape index (κ3) is 1.50. The summed E-state index contributed by atoms with van der Waals surface area (Å²) in [4.78, 5) is 4.32. The second-order valence-corrected chi connectivity index (χ2v) is 3.85. The van der Waals surface area contributed by atoms with Crippen LogP contribution in [0.3, 0.4) is 0 Å². The second-order valence-electron chi connectivity index (χ2n) is 3.85. The van der Waals surface area contributed by atoms with E-state index in [-0.39, 0.29) is 5.88 Å². The Kier molecular flexibility index (Phi) is 2.01. The quantitative estimate of drug-likeness (QED) is 0.624. The number of rotatable bonds is 1. The third-order valence-corrected chi connectivity index (χ3v) is 2.70. The number of pyridine rings is 1. The fraction of sp³-hybridized carbons (Fsp3) is 0. The first-order valence-electron chi connectivity index (χ1n) is 5.27. The van der Waals surface area contributed by atoms with Crippen molar-refractivity contribution in [1.29, 1.82) is 0 Å². The van der Waals surface area contributed by atoms with Crippen LogP contribution in [0.25, 0.3) is 16.9 Å². The summed E-state index contributed by atoms with van der Waals surface area (Å²) >= 11 is 0. The number of aromatic hydroxyl groups is 1. The average Bonchev–Trinajstić information content (AvgIpc) is 2.75. The second kappa shape index (κ2) is 3.52. The molecule has 0 aliphatic rings. The molecule has 0 radical (unpaired) electrons. The van der Waals surface area contributed by atoms with E-state index in [1.54, 1.807) is 22.7 Å². The number of nitrogens with two attached hydrogens (primary N) is 1. The minimum absolute atomic E-state index is 0.173. The number of fused-ring (bicyclic) bond motifs is 1. The van der Waals surface area contributed by atoms with Crippen LogP contribution < -0.4 is 5.73 Å². The first-order chi connectivity index (χ1) is 8.25. The molecule has 3 aromatic rings. The number of imidazole rings is 1. The number of anilines is 1. The van der Waals surface area contributed by atoms with Crippen molar-refractivity contribution in [3.63, 3.8) is 0 Å². The number of aromatic nitrogens is 2.